The first-order valence-electron chi connectivity index (χ1n) is 8.82. The Morgan fingerprint density at radius 1 is 1.21 bits per heavy atom. The summed E-state index contributed by atoms with van der Waals surface area (Å²) in [7, 11) is 1.65. The van der Waals surface area contributed by atoms with E-state index in [4.69, 9.17) is 9.47 Å². The maximum absolute atomic E-state index is 5.66. The van der Waals surface area contributed by atoms with Gasteiger partial charge < -0.3 is 20.1 Å². The largest absolute Gasteiger partial charge is 0.475 e. The molecule has 1 aromatic heterocycles. The Morgan fingerprint density at radius 2 is 2.00 bits per heavy atom. The number of aliphatic imine (C=N–C) groups is 1. The molecule has 6 nitrogen and oxygen atoms in total. The Morgan fingerprint density at radius 3 is 2.67 bits per heavy atom. The summed E-state index contributed by atoms with van der Waals surface area (Å²) in [6, 6.07) is 3.89. The van der Waals surface area contributed by atoms with Crippen LogP contribution in [0.1, 0.15) is 39.2 Å². The number of hydrogen-bond donors (Lipinski definition) is 2. The van der Waals surface area contributed by atoms with Crippen molar-refractivity contribution in [2.24, 2.45) is 10.9 Å². The summed E-state index contributed by atoms with van der Waals surface area (Å²) in [5.74, 6) is 2.12. The van der Waals surface area contributed by atoms with Crippen LogP contribution < -0.4 is 15.4 Å². The highest BCUT2D eigenvalue weighted by atomic mass is 16.5. The van der Waals surface area contributed by atoms with E-state index in [9.17, 15) is 0 Å². The zero-order valence-corrected chi connectivity index (χ0v) is 15.5. The fourth-order valence-electron chi connectivity index (χ4n) is 2.22. The van der Waals surface area contributed by atoms with Gasteiger partial charge in [-0.3, -0.25) is 0 Å². The highest BCUT2D eigenvalue weighted by molar-refractivity contribution is 5.79. The summed E-state index contributed by atoms with van der Waals surface area (Å²) in [6.45, 7) is 9.82. The SMILES string of the molecule is CCNC(=NCc1cccnc1OCCOC)NCC(CC)CC. The van der Waals surface area contributed by atoms with E-state index in [0.717, 1.165) is 24.6 Å². The predicted octanol–water partition coefficient (Wildman–Crippen LogP) is 2.60. The molecule has 0 atom stereocenters. The third-order valence-corrected chi connectivity index (χ3v) is 3.84. The van der Waals surface area contributed by atoms with Crippen LogP contribution in [0.4, 0.5) is 0 Å². The first kappa shape index (κ1) is 20.2. The molecule has 0 bridgehead atoms. The molecule has 1 heterocycles. The van der Waals surface area contributed by atoms with Crippen molar-refractivity contribution in [3.05, 3.63) is 23.9 Å². The molecule has 136 valence electrons. The summed E-state index contributed by atoms with van der Waals surface area (Å²) < 4.78 is 10.7. The van der Waals surface area contributed by atoms with Crippen molar-refractivity contribution in [2.45, 2.75) is 40.2 Å². The van der Waals surface area contributed by atoms with E-state index in [1.165, 1.54) is 12.8 Å². The van der Waals surface area contributed by atoms with Crippen molar-refractivity contribution >= 4 is 5.96 Å². The van der Waals surface area contributed by atoms with Gasteiger partial charge in [0.2, 0.25) is 5.88 Å². The van der Waals surface area contributed by atoms with E-state index < -0.39 is 0 Å². The number of aromatic nitrogens is 1. The van der Waals surface area contributed by atoms with Crippen LogP contribution in [0.15, 0.2) is 23.3 Å². The zero-order valence-electron chi connectivity index (χ0n) is 15.5. The highest BCUT2D eigenvalue weighted by Gasteiger charge is 2.07. The minimum absolute atomic E-state index is 0.483. The number of ether oxygens (including phenoxy) is 2. The molecule has 0 aromatic carbocycles. The zero-order chi connectivity index (χ0) is 17.6. The molecule has 0 saturated carbocycles. The van der Waals surface area contributed by atoms with E-state index in [1.54, 1.807) is 13.3 Å². The summed E-state index contributed by atoms with van der Waals surface area (Å²) in [5.41, 5.74) is 0.966. The predicted molar refractivity (Wildman–Crippen MR) is 98.5 cm³/mol. The van der Waals surface area contributed by atoms with Crippen molar-refractivity contribution in [3.8, 4) is 5.88 Å². The van der Waals surface area contributed by atoms with Gasteiger partial charge in [-0.15, -0.1) is 0 Å². The van der Waals surface area contributed by atoms with E-state index in [-0.39, 0.29) is 0 Å². The first-order chi connectivity index (χ1) is 11.7. The minimum Gasteiger partial charge on any atom is -0.475 e. The molecule has 0 spiro atoms. The van der Waals surface area contributed by atoms with E-state index in [2.05, 4.69) is 41.4 Å². The summed E-state index contributed by atoms with van der Waals surface area (Å²) >= 11 is 0. The van der Waals surface area contributed by atoms with Gasteiger partial charge in [0.05, 0.1) is 13.2 Å². The van der Waals surface area contributed by atoms with Gasteiger partial charge in [0.25, 0.3) is 0 Å². The third kappa shape index (κ3) is 7.64. The first-order valence-corrected chi connectivity index (χ1v) is 8.82. The van der Waals surface area contributed by atoms with Gasteiger partial charge in [0.15, 0.2) is 5.96 Å². The van der Waals surface area contributed by atoms with Crippen molar-refractivity contribution in [1.82, 2.24) is 15.6 Å². The second kappa shape index (κ2) is 12.6. The molecule has 0 unspecified atom stereocenters. The Bertz CT molecular complexity index is 476. The number of hydrogen-bond acceptors (Lipinski definition) is 4. The van der Waals surface area contributed by atoms with Crippen LogP contribution in [0.5, 0.6) is 5.88 Å². The molecular weight excluding hydrogens is 304 g/mol. The molecular formula is C18H32N4O2. The van der Waals surface area contributed by atoms with Crippen LogP contribution in [0.2, 0.25) is 0 Å². The van der Waals surface area contributed by atoms with Crippen LogP contribution in [0.25, 0.3) is 0 Å². The number of methoxy groups -OCH3 is 1. The van der Waals surface area contributed by atoms with Crippen molar-refractivity contribution in [3.63, 3.8) is 0 Å². The monoisotopic (exact) mass is 336 g/mol. The smallest absolute Gasteiger partial charge is 0.218 e. The van der Waals surface area contributed by atoms with Gasteiger partial charge in [-0.2, -0.15) is 0 Å². The lowest BCUT2D eigenvalue weighted by Gasteiger charge is -2.16. The molecule has 0 aliphatic carbocycles. The number of rotatable bonds is 11. The Kier molecular flexibility index (Phi) is 10.6. The van der Waals surface area contributed by atoms with E-state index in [1.807, 2.05) is 12.1 Å². The van der Waals surface area contributed by atoms with Gasteiger partial charge in [-0.05, 0) is 18.9 Å². The number of pyridine rings is 1. The van der Waals surface area contributed by atoms with Gasteiger partial charge in [-0.25, -0.2) is 9.98 Å². The molecule has 6 heteroatoms. The standard InChI is InChI=1S/C18H32N4O2/c1-5-15(6-2)13-21-18(19-7-3)22-14-16-9-8-10-20-17(16)24-12-11-23-4/h8-10,15H,5-7,11-14H2,1-4H3,(H2,19,21,22). The maximum Gasteiger partial charge on any atom is 0.218 e. The summed E-state index contributed by atoms with van der Waals surface area (Å²) in [5, 5.41) is 6.71. The van der Waals surface area contributed by atoms with Crippen molar-refractivity contribution in [1.29, 1.82) is 0 Å². The molecule has 0 saturated heterocycles. The topological polar surface area (TPSA) is 67.8 Å². The van der Waals surface area contributed by atoms with Crippen LogP contribution >= 0.6 is 0 Å². The van der Waals surface area contributed by atoms with Gasteiger partial charge in [0, 0.05) is 32.0 Å². The fourth-order valence-corrected chi connectivity index (χ4v) is 2.22. The van der Waals surface area contributed by atoms with Gasteiger partial charge in [0.1, 0.15) is 6.61 Å². The fraction of sp³-hybridized carbons (Fsp3) is 0.667. The van der Waals surface area contributed by atoms with Crippen LogP contribution in [0, 0.1) is 5.92 Å². The average molecular weight is 336 g/mol. The van der Waals surface area contributed by atoms with Crippen LogP contribution in [-0.2, 0) is 11.3 Å². The Balaban J connectivity index is 2.67. The molecule has 0 radical (unpaired) electrons. The molecule has 0 aliphatic rings. The van der Waals surface area contributed by atoms with E-state index >= 15 is 0 Å². The second-order valence-electron chi connectivity index (χ2n) is 5.57. The molecule has 1 aromatic rings. The highest BCUT2D eigenvalue weighted by Crippen LogP contribution is 2.15. The quantitative estimate of drug-likeness (QED) is 0.369. The average Bonchev–Trinajstić information content (AvgIpc) is 2.61. The van der Waals surface area contributed by atoms with Gasteiger partial charge >= 0.3 is 0 Å². The number of guanidine groups is 1. The molecule has 24 heavy (non-hydrogen) atoms. The van der Waals surface area contributed by atoms with Crippen LogP contribution in [0.3, 0.4) is 0 Å². The molecule has 0 amide bonds. The number of nitrogens with one attached hydrogen (secondary N) is 2. The lowest BCUT2D eigenvalue weighted by molar-refractivity contribution is 0.143. The molecule has 0 aliphatic heterocycles. The molecule has 0 fully saturated rings. The number of nitrogens with zero attached hydrogens (tertiary/aromatic N) is 2. The van der Waals surface area contributed by atoms with Crippen LogP contribution in [-0.4, -0.2) is 44.4 Å². The minimum atomic E-state index is 0.483. The Labute approximate surface area is 146 Å². The van der Waals surface area contributed by atoms with Gasteiger partial charge in [-0.1, -0.05) is 32.8 Å². The van der Waals surface area contributed by atoms with Crippen molar-refractivity contribution < 1.29 is 9.47 Å². The third-order valence-electron chi connectivity index (χ3n) is 3.84. The molecule has 1 rings (SSSR count). The van der Waals surface area contributed by atoms with E-state index in [0.29, 0.717) is 31.6 Å². The normalized spacial score (nSPS) is 11.6. The lowest BCUT2D eigenvalue weighted by atomic mass is 10.0. The Hall–Kier alpha value is -1.82. The lowest BCUT2D eigenvalue weighted by Crippen LogP contribution is -2.39. The molecule has 2 N–H and O–H groups in total. The van der Waals surface area contributed by atoms with Crippen molar-refractivity contribution in [2.75, 3.05) is 33.4 Å². The maximum atomic E-state index is 5.66. The second-order valence-corrected chi connectivity index (χ2v) is 5.57. The summed E-state index contributed by atoms with van der Waals surface area (Å²) in [4.78, 5) is 8.94. The summed E-state index contributed by atoms with van der Waals surface area (Å²) in [6.07, 6.45) is 4.07.